The molecule has 0 amide bonds. The van der Waals surface area contributed by atoms with Crippen LogP contribution in [0.15, 0.2) is 59.4 Å². The van der Waals surface area contributed by atoms with E-state index in [-0.39, 0.29) is 11.0 Å². The molecule has 0 radical (unpaired) electrons. The van der Waals surface area contributed by atoms with Crippen LogP contribution in [0.3, 0.4) is 0 Å². The number of benzene rings is 2. The van der Waals surface area contributed by atoms with Crippen LogP contribution in [0.1, 0.15) is 31.9 Å². The highest BCUT2D eigenvalue weighted by Crippen LogP contribution is 2.22. The van der Waals surface area contributed by atoms with Gasteiger partial charge >= 0.3 is 0 Å². The number of hydrogen-bond donors (Lipinski definition) is 0. The van der Waals surface area contributed by atoms with Gasteiger partial charge in [0.2, 0.25) is 4.96 Å². The van der Waals surface area contributed by atoms with Crippen molar-refractivity contribution >= 4 is 22.4 Å². The summed E-state index contributed by atoms with van der Waals surface area (Å²) in [6, 6.07) is 18.0. The zero-order valence-corrected chi connectivity index (χ0v) is 15.7. The van der Waals surface area contributed by atoms with E-state index in [2.05, 4.69) is 55.2 Å². The van der Waals surface area contributed by atoms with Gasteiger partial charge in [-0.1, -0.05) is 86.7 Å². The van der Waals surface area contributed by atoms with Crippen molar-refractivity contribution in [2.75, 3.05) is 0 Å². The summed E-state index contributed by atoms with van der Waals surface area (Å²) in [5, 5.41) is 8.36. The lowest BCUT2D eigenvalue weighted by Crippen LogP contribution is -2.23. The van der Waals surface area contributed by atoms with Gasteiger partial charge in [-0.2, -0.15) is 0 Å². The van der Waals surface area contributed by atoms with Crippen LogP contribution in [0.4, 0.5) is 0 Å². The quantitative estimate of drug-likeness (QED) is 0.547. The van der Waals surface area contributed by atoms with Gasteiger partial charge in [0.1, 0.15) is 0 Å². The molecule has 0 aliphatic heterocycles. The molecule has 0 spiro atoms. The summed E-state index contributed by atoms with van der Waals surface area (Å²) in [6.07, 6.45) is 1.92. The number of thiazole rings is 1. The fraction of sp³-hybridized carbons (Fsp3) is 0.190. The summed E-state index contributed by atoms with van der Waals surface area (Å²) in [4.78, 5) is 13.5. The minimum Gasteiger partial charge on any atom is -0.267 e. The van der Waals surface area contributed by atoms with Crippen molar-refractivity contribution in [2.45, 2.75) is 26.2 Å². The summed E-state index contributed by atoms with van der Waals surface area (Å²) in [5.74, 6) is 0.588. The van der Waals surface area contributed by atoms with Gasteiger partial charge < -0.3 is 0 Å². The zero-order valence-electron chi connectivity index (χ0n) is 14.9. The van der Waals surface area contributed by atoms with Crippen molar-refractivity contribution in [3.8, 4) is 11.4 Å². The molecule has 0 saturated heterocycles. The molecule has 0 saturated carbocycles. The van der Waals surface area contributed by atoms with Gasteiger partial charge in [-0.15, -0.1) is 10.2 Å². The van der Waals surface area contributed by atoms with Crippen molar-refractivity contribution in [3.05, 3.63) is 80.6 Å². The van der Waals surface area contributed by atoms with E-state index >= 15 is 0 Å². The van der Waals surface area contributed by atoms with E-state index in [1.807, 2.05) is 36.4 Å². The Balaban J connectivity index is 1.81. The van der Waals surface area contributed by atoms with Crippen LogP contribution in [0, 0.1) is 0 Å². The van der Waals surface area contributed by atoms with Gasteiger partial charge in [0.25, 0.3) is 5.56 Å². The van der Waals surface area contributed by atoms with Crippen molar-refractivity contribution < 1.29 is 0 Å². The third-order valence-electron chi connectivity index (χ3n) is 4.35. The van der Waals surface area contributed by atoms with Crippen LogP contribution in [-0.2, 0) is 5.41 Å². The Hall–Kier alpha value is -2.79. The molecule has 130 valence electrons. The second kappa shape index (κ2) is 6.18. The predicted octanol–water partition coefficient (Wildman–Crippen LogP) is 3.66. The van der Waals surface area contributed by atoms with E-state index in [1.54, 1.807) is 4.40 Å². The predicted molar refractivity (Wildman–Crippen MR) is 106 cm³/mol. The molecule has 0 bridgehead atoms. The van der Waals surface area contributed by atoms with E-state index < -0.39 is 0 Å². The molecule has 4 aromatic rings. The van der Waals surface area contributed by atoms with Crippen LogP contribution in [0.5, 0.6) is 0 Å². The first kappa shape index (κ1) is 16.7. The molecule has 0 unspecified atom stereocenters. The van der Waals surface area contributed by atoms with E-state index in [0.29, 0.717) is 15.3 Å². The second-order valence-electron chi connectivity index (χ2n) is 7.30. The Bertz CT molecular complexity index is 1170. The highest BCUT2D eigenvalue weighted by molar-refractivity contribution is 7.15. The lowest BCUT2D eigenvalue weighted by molar-refractivity contribution is 0.590. The Kier molecular flexibility index (Phi) is 3.96. The standard InChI is InChI=1S/C21H19N3OS/c1-21(2,3)16-11-9-14(10-12-16)13-17-19(25)24-18(22-23-20(24)26-17)15-7-5-4-6-8-15/h4-13H,1-3H3. The molecule has 4 rings (SSSR count). The number of fused-ring (bicyclic) bond motifs is 1. The molecule has 2 heterocycles. The SMILES string of the molecule is CC(C)(C)c1ccc(C=c2sc3nnc(-c4ccccc4)n3c2=O)cc1. The second-order valence-corrected chi connectivity index (χ2v) is 8.30. The maximum absolute atomic E-state index is 12.9. The van der Waals surface area contributed by atoms with Gasteiger partial charge in [0.15, 0.2) is 5.82 Å². The lowest BCUT2D eigenvalue weighted by Gasteiger charge is -2.18. The third kappa shape index (κ3) is 2.95. The van der Waals surface area contributed by atoms with Crippen molar-refractivity contribution in [3.63, 3.8) is 0 Å². The summed E-state index contributed by atoms with van der Waals surface area (Å²) in [7, 11) is 0. The zero-order chi connectivity index (χ0) is 18.3. The van der Waals surface area contributed by atoms with E-state index in [0.717, 1.165) is 11.1 Å². The van der Waals surface area contributed by atoms with Gasteiger partial charge in [-0.3, -0.25) is 4.79 Å². The maximum Gasteiger partial charge on any atom is 0.276 e. The monoisotopic (exact) mass is 361 g/mol. The Morgan fingerprint density at radius 3 is 2.31 bits per heavy atom. The van der Waals surface area contributed by atoms with E-state index in [9.17, 15) is 4.79 Å². The van der Waals surface area contributed by atoms with Crippen LogP contribution in [0.2, 0.25) is 0 Å². The molecule has 2 aromatic heterocycles. The van der Waals surface area contributed by atoms with Gasteiger partial charge in [0, 0.05) is 5.56 Å². The van der Waals surface area contributed by atoms with Gasteiger partial charge in [-0.05, 0) is 22.6 Å². The molecule has 2 aromatic carbocycles. The molecule has 0 N–H and O–H groups in total. The summed E-state index contributed by atoms with van der Waals surface area (Å²) >= 11 is 1.37. The number of aromatic nitrogens is 3. The minimum atomic E-state index is -0.0752. The summed E-state index contributed by atoms with van der Waals surface area (Å²) < 4.78 is 2.26. The lowest BCUT2D eigenvalue weighted by atomic mass is 9.87. The number of nitrogens with zero attached hydrogens (tertiary/aromatic N) is 3. The molecule has 0 aliphatic carbocycles. The number of hydrogen-bond acceptors (Lipinski definition) is 4. The largest absolute Gasteiger partial charge is 0.276 e. The fourth-order valence-corrected chi connectivity index (χ4v) is 3.78. The first-order valence-electron chi connectivity index (χ1n) is 8.49. The Morgan fingerprint density at radius 1 is 0.962 bits per heavy atom. The first-order chi connectivity index (χ1) is 12.4. The normalized spacial score (nSPS) is 12.8. The first-order valence-corrected chi connectivity index (χ1v) is 9.31. The topological polar surface area (TPSA) is 47.3 Å². The molecular weight excluding hydrogens is 342 g/mol. The van der Waals surface area contributed by atoms with Crippen LogP contribution >= 0.6 is 11.3 Å². The van der Waals surface area contributed by atoms with Crippen molar-refractivity contribution in [1.82, 2.24) is 14.6 Å². The smallest absolute Gasteiger partial charge is 0.267 e. The van der Waals surface area contributed by atoms with E-state index in [1.165, 1.54) is 16.9 Å². The number of rotatable bonds is 2. The molecule has 5 heteroatoms. The molecule has 0 aliphatic rings. The average molecular weight is 361 g/mol. The molecule has 0 atom stereocenters. The summed E-state index contributed by atoms with van der Waals surface area (Å²) in [5.41, 5.74) is 3.20. The highest BCUT2D eigenvalue weighted by atomic mass is 32.1. The molecule has 26 heavy (non-hydrogen) atoms. The average Bonchev–Trinajstić information content (AvgIpc) is 3.16. The molecular formula is C21H19N3OS. The molecule has 4 nitrogen and oxygen atoms in total. The minimum absolute atomic E-state index is 0.0752. The van der Waals surface area contributed by atoms with Crippen molar-refractivity contribution in [1.29, 1.82) is 0 Å². The molecule has 0 fully saturated rings. The highest BCUT2D eigenvalue weighted by Gasteiger charge is 2.14. The van der Waals surface area contributed by atoms with Gasteiger partial charge in [0.05, 0.1) is 4.53 Å². The summed E-state index contributed by atoms with van der Waals surface area (Å²) in [6.45, 7) is 6.57. The van der Waals surface area contributed by atoms with Crippen LogP contribution in [0.25, 0.3) is 22.4 Å². The fourth-order valence-electron chi connectivity index (χ4n) is 2.87. The van der Waals surface area contributed by atoms with Crippen LogP contribution in [-0.4, -0.2) is 14.6 Å². The van der Waals surface area contributed by atoms with Crippen LogP contribution < -0.4 is 10.1 Å². The Morgan fingerprint density at radius 2 is 1.65 bits per heavy atom. The van der Waals surface area contributed by atoms with Crippen molar-refractivity contribution in [2.24, 2.45) is 0 Å². The van der Waals surface area contributed by atoms with Gasteiger partial charge in [-0.25, -0.2) is 4.40 Å². The maximum atomic E-state index is 12.9. The Labute approximate surface area is 155 Å². The third-order valence-corrected chi connectivity index (χ3v) is 5.31. The van der Waals surface area contributed by atoms with E-state index in [4.69, 9.17) is 0 Å².